The molecule has 19 heavy (non-hydrogen) atoms. The monoisotopic (exact) mass is 264 g/mol. The molecule has 5 unspecified atom stereocenters. The average Bonchev–Trinajstić information content (AvgIpc) is 2.64. The summed E-state index contributed by atoms with van der Waals surface area (Å²) in [4.78, 5) is 11.3. The van der Waals surface area contributed by atoms with E-state index in [0.717, 1.165) is 12.8 Å². The highest BCUT2D eigenvalue weighted by Crippen LogP contribution is 2.47. The van der Waals surface area contributed by atoms with E-state index in [0.29, 0.717) is 19.3 Å². The molecule has 0 heterocycles. The molecule has 2 rings (SSSR count). The Hall–Kier alpha value is -0.850. The number of ketones is 1. The van der Waals surface area contributed by atoms with Crippen molar-refractivity contribution in [3.05, 3.63) is 0 Å². The van der Waals surface area contributed by atoms with Crippen molar-refractivity contribution in [2.75, 3.05) is 0 Å². The molecule has 0 aromatic carbocycles. The van der Waals surface area contributed by atoms with Gasteiger partial charge in [0.15, 0.2) is 0 Å². The first kappa shape index (κ1) is 14.6. The van der Waals surface area contributed by atoms with Crippen molar-refractivity contribution >= 4 is 5.78 Å². The van der Waals surface area contributed by atoms with E-state index >= 15 is 0 Å². The van der Waals surface area contributed by atoms with E-state index in [9.17, 15) is 15.0 Å². The lowest BCUT2D eigenvalue weighted by Gasteiger charge is -2.29. The maximum atomic E-state index is 11.3. The van der Waals surface area contributed by atoms with Gasteiger partial charge < -0.3 is 10.2 Å². The molecule has 0 amide bonds. The van der Waals surface area contributed by atoms with Crippen molar-refractivity contribution in [3.8, 4) is 11.8 Å². The summed E-state index contributed by atoms with van der Waals surface area (Å²) in [6, 6.07) is 0. The number of carbonyl (C=O) groups excluding carboxylic acids is 1. The number of fused-ring (bicyclic) bond motifs is 1. The van der Waals surface area contributed by atoms with Gasteiger partial charge in [0.05, 0.1) is 6.10 Å². The largest absolute Gasteiger partial charge is 0.392 e. The highest BCUT2D eigenvalue weighted by Gasteiger charge is 2.52. The number of rotatable bonds is 5. The summed E-state index contributed by atoms with van der Waals surface area (Å²) in [5.41, 5.74) is 0. The molecule has 0 aromatic rings. The zero-order valence-electron chi connectivity index (χ0n) is 11.6. The second-order valence-corrected chi connectivity index (χ2v) is 5.93. The van der Waals surface area contributed by atoms with E-state index in [1.807, 2.05) is 0 Å². The highest BCUT2D eigenvalue weighted by molar-refractivity contribution is 5.88. The van der Waals surface area contributed by atoms with Gasteiger partial charge in [-0.15, -0.1) is 0 Å². The van der Waals surface area contributed by atoms with Crippen LogP contribution in [0.2, 0.25) is 0 Å². The van der Waals surface area contributed by atoms with Gasteiger partial charge >= 0.3 is 0 Å². The fourth-order valence-corrected chi connectivity index (χ4v) is 3.16. The lowest BCUT2D eigenvalue weighted by molar-refractivity contribution is -0.135. The van der Waals surface area contributed by atoms with E-state index < -0.39 is 12.2 Å². The molecule has 5 atom stereocenters. The van der Waals surface area contributed by atoms with Crippen LogP contribution in [0.15, 0.2) is 0 Å². The molecule has 3 nitrogen and oxygen atoms in total. The van der Waals surface area contributed by atoms with Crippen LogP contribution in [-0.2, 0) is 4.79 Å². The summed E-state index contributed by atoms with van der Waals surface area (Å²) in [6.07, 6.45) is 5.38. The van der Waals surface area contributed by atoms with Crippen LogP contribution < -0.4 is 0 Å². The average molecular weight is 264 g/mol. The molecule has 2 fully saturated rings. The first-order chi connectivity index (χ1) is 9.13. The lowest BCUT2D eigenvalue weighted by atomic mass is 9.74. The first-order valence-corrected chi connectivity index (χ1v) is 7.53. The number of hydrogen-bond donors (Lipinski definition) is 2. The predicted molar refractivity (Wildman–Crippen MR) is 73.3 cm³/mol. The topological polar surface area (TPSA) is 57.5 Å². The van der Waals surface area contributed by atoms with Gasteiger partial charge in [0.2, 0.25) is 0 Å². The summed E-state index contributed by atoms with van der Waals surface area (Å²) in [5, 5.41) is 19.8. The highest BCUT2D eigenvalue weighted by atomic mass is 16.3. The zero-order valence-corrected chi connectivity index (χ0v) is 11.6. The number of Topliss-reactive ketones (excluding diaryl/α,β-unsaturated/α-hetero) is 1. The second kappa shape index (κ2) is 6.54. The van der Waals surface area contributed by atoms with Crippen molar-refractivity contribution in [1.82, 2.24) is 0 Å². The van der Waals surface area contributed by atoms with Gasteiger partial charge in [0, 0.05) is 24.2 Å². The van der Waals surface area contributed by atoms with Gasteiger partial charge in [-0.25, -0.2) is 0 Å². The van der Waals surface area contributed by atoms with Gasteiger partial charge in [0.25, 0.3) is 0 Å². The van der Waals surface area contributed by atoms with Crippen molar-refractivity contribution in [2.45, 2.75) is 64.1 Å². The van der Waals surface area contributed by atoms with Crippen molar-refractivity contribution < 1.29 is 15.0 Å². The van der Waals surface area contributed by atoms with Gasteiger partial charge in [0.1, 0.15) is 11.9 Å². The summed E-state index contributed by atoms with van der Waals surface area (Å²) in [6.45, 7) is 2.16. The standard InChI is InChI=1S/C16H24O3/c1-2-3-4-5-6-12(17)8-7-11-9-13-14(16(11)19)10-15(13)18/h11-14,16-17,19H,2-6,9-10H2,1H3. The molecule has 0 aromatic heterocycles. The molecule has 2 saturated carbocycles. The molecule has 2 aliphatic carbocycles. The third-order valence-corrected chi connectivity index (χ3v) is 4.49. The Morgan fingerprint density at radius 1 is 1.37 bits per heavy atom. The third kappa shape index (κ3) is 3.38. The van der Waals surface area contributed by atoms with E-state index in [2.05, 4.69) is 18.8 Å². The molecular formula is C16H24O3. The molecule has 0 saturated heterocycles. The lowest BCUT2D eigenvalue weighted by Crippen LogP contribution is -2.38. The van der Waals surface area contributed by atoms with Gasteiger partial charge in [-0.2, -0.15) is 0 Å². The maximum absolute atomic E-state index is 11.3. The smallest absolute Gasteiger partial charge is 0.136 e. The van der Waals surface area contributed by atoms with Gasteiger partial charge in [-0.3, -0.25) is 4.79 Å². The Balaban J connectivity index is 1.75. The Morgan fingerprint density at radius 3 is 2.79 bits per heavy atom. The molecule has 106 valence electrons. The van der Waals surface area contributed by atoms with Crippen LogP contribution in [0.5, 0.6) is 0 Å². The quantitative estimate of drug-likeness (QED) is 0.589. The van der Waals surface area contributed by atoms with Crippen LogP contribution in [0.4, 0.5) is 0 Å². The van der Waals surface area contributed by atoms with Crippen molar-refractivity contribution in [2.24, 2.45) is 17.8 Å². The summed E-state index contributed by atoms with van der Waals surface area (Å²) in [7, 11) is 0. The Kier molecular flexibility index (Phi) is 5.01. The SMILES string of the molecule is CCCCCCC(O)C#CC1CC2C(=O)CC2C1O. The molecule has 0 spiro atoms. The number of carbonyl (C=O) groups is 1. The van der Waals surface area contributed by atoms with E-state index in [4.69, 9.17) is 0 Å². The van der Waals surface area contributed by atoms with Crippen molar-refractivity contribution in [1.29, 1.82) is 0 Å². The zero-order chi connectivity index (χ0) is 13.8. The van der Waals surface area contributed by atoms with Crippen LogP contribution in [0.3, 0.4) is 0 Å². The van der Waals surface area contributed by atoms with Gasteiger partial charge in [-0.1, -0.05) is 38.0 Å². The minimum Gasteiger partial charge on any atom is -0.392 e. The fourth-order valence-electron chi connectivity index (χ4n) is 3.16. The van der Waals surface area contributed by atoms with Crippen molar-refractivity contribution in [3.63, 3.8) is 0 Å². The number of unbranched alkanes of at least 4 members (excludes halogenated alkanes) is 3. The predicted octanol–water partition coefficient (Wildman–Crippen LogP) is 1.91. The Labute approximate surface area is 115 Å². The molecule has 2 aliphatic rings. The molecule has 0 bridgehead atoms. The van der Waals surface area contributed by atoms with E-state index in [-0.39, 0.29) is 23.5 Å². The van der Waals surface area contributed by atoms with E-state index in [1.54, 1.807) is 0 Å². The minimum absolute atomic E-state index is 0.0380. The van der Waals surface area contributed by atoms with Crippen LogP contribution in [-0.4, -0.2) is 28.2 Å². The molecule has 3 heteroatoms. The molecular weight excluding hydrogens is 240 g/mol. The minimum atomic E-state index is -0.585. The molecule has 0 aliphatic heterocycles. The number of aliphatic hydroxyl groups excluding tert-OH is 2. The van der Waals surface area contributed by atoms with E-state index in [1.165, 1.54) is 12.8 Å². The summed E-state index contributed by atoms with van der Waals surface area (Å²) >= 11 is 0. The van der Waals surface area contributed by atoms with Crippen LogP contribution in [0.1, 0.15) is 51.9 Å². The maximum Gasteiger partial charge on any atom is 0.136 e. The summed E-state index contributed by atoms with van der Waals surface area (Å²) in [5.74, 6) is 6.16. The Morgan fingerprint density at radius 2 is 2.16 bits per heavy atom. The second-order valence-electron chi connectivity index (χ2n) is 5.93. The van der Waals surface area contributed by atoms with Gasteiger partial charge in [-0.05, 0) is 19.3 Å². The van der Waals surface area contributed by atoms with Crippen LogP contribution in [0.25, 0.3) is 0 Å². The number of aliphatic hydroxyl groups is 2. The normalized spacial score (nSPS) is 34.2. The Bertz CT molecular complexity index is 379. The van der Waals surface area contributed by atoms with Crippen LogP contribution in [0, 0.1) is 29.6 Å². The first-order valence-electron chi connectivity index (χ1n) is 7.53. The molecule has 2 N–H and O–H groups in total. The number of hydrogen-bond acceptors (Lipinski definition) is 3. The molecule has 0 radical (unpaired) electrons. The summed E-state index contributed by atoms with van der Waals surface area (Å²) < 4.78 is 0. The van der Waals surface area contributed by atoms with Crippen LogP contribution >= 0.6 is 0 Å². The third-order valence-electron chi connectivity index (χ3n) is 4.49. The fraction of sp³-hybridized carbons (Fsp3) is 0.812.